The number of aryl methyl sites for hydroxylation is 2. The number of ether oxygens (including phenoxy) is 2. The van der Waals surface area contributed by atoms with E-state index in [0.29, 0.717) is 32.7 Å². The average Bonchev–Trinajstić information content (AvgIpc) is 3.07. The molecule has 0 saturated carbocycles. The molecule has 3 rings (SSSR count). The van der Waals surface area contributed by atoms with Gasteiger partial charge in [0.15, 0.2) is 0 Å². The van der Waals surface area contributed by atoms with Gasteiger partial charge in [-0.25, -0.2) is 0 Å². The maximum absolute atomic E-state index is 11.9. The predicted molar refractivity (Wildman–Crippen MR) is 109 cm³/mol. The molecule has 1 atom stereocenters. The lowest BCUT2D eigenvalue weighted by molar-refractivity contribution is -0.141. The Morgan fingerprint density at radius 1 is 1.10 bits per heavy atom. The van der Waals surface area contributed by atoms with Gasteiger partial charge in [0.25, 0.3) is 0 Å². The zero-order chi connectivity index (χ0) is 20.8. The predicted octanol–water partition coefficient (Wildman–Crippen LogP) is 3.24. The largest absolute Gasteiger partial charge is 0.490 e. The monoisotopic (exact) mass is 397 g/mol. The molecule has 1 N–H and O–H groups in total. The standard InChI is InChI=1S/C23H27NO5/c1-16-5-3-6-17(2)22(16)29-12-11-28-20-8-4-7-18(13-20)9-10-24-15-19(23(26)27)14-21(24)25/h3-8,13,19H,9-12,14-15H2,1-2H3,(H,26,27). The van der Waals surface area contributed by atoms with E-state index in [9.17, 15) is 9.59 Å². The number of benzene rings is 2. The highest BCUT2D eigenvalue weighted by Crippen LogP contribution is 2.22. The van der Waals surface area contributed by atoms with Crippen molar-refractivity contribution in [1.82, 2.24) is 4.90 Å². The van der Waals surface area contributed by atoms with E-state index in [-0.39, 0.29) is 12.3 Å². The van der Waals surface area contributed by atoms with Crippen molar-refractivity contribution in [2.45, 2.75) is 26.7 Å². The highest BCUT2D eigenvalue weighted by Gasteiger charge is 2.33. The van der Waals surface area contributed by atoms with Gasteiger partial charge in [-0.05, 0) is 49.1 Å². The molecule has 0 spiro atoms. The Kier molecular flexibility index (Phi) is 6.75. The average molecular weight is 397 g/mol. The molecule has 0 aliphatic carbocycles. The summed E-state index contributed by atoms with van der Waals surface area (Å²) in [6.45, 7) is 5.74. The minimum Gasteiger partial charge on any atom is -0.490 e. The van der Waals surface area contributed by atoms with E-state index in [1.54, 1.807) is 4.90 Å². The number of rotatable bonds is 9. The van der Waals surface area contributed by atoms with Crippen LogP contribution in [-0.4, -0.2) is 48.2 Å². The molecule has 6 heteroatoms. The summed E-state index contributed by atoms with van der Waals surface area (Å²) < 4.78 is 11.7. The number of carbonyl (C=O) groups is 2. The Morgan fingerprint density at radius 3 is 2.48 bits per heavy atom. The molecular weight excluding hydrogens is 370 g/mol. The third-order valence-electron chi connectivity index (χ3n) is 5.14. The second kappa shape index (κ2) is 9.45. The van der Waals surface area contributed by atoms with Gasteiger partial charge in [-0.2, -0.15) is 0 Å². The summed E-state index contributed by atoms with van der Waals surface area (Å²) in [6, 6.07) is 13.8. The van der Waals surface area contributed by atoms with Gasteiger partial charge in [-0.3, -0.25) is 9.59 Å². The number of carboxylic acid groups (broad SMARTS) is 1. The van der Waals surface area contributed by atoms with Crippen LogP contribution in [0.1, 0.15) is 23.1 Å². The summed E-state index contributed by atoms with van der Waals surface area (Å²) in [6.07, 6.45) is 0.757. The van der Waals surface area contributed by atoms with Gasteiger partial charge in [-0.1, -0.05) is 30.3 Å². The van der Waals surface area contributed by atoms with Crippen LogP contribution in [0.15, 0.2) is 42.5 Å². The lowest BCUT2D eigenvalue weighted by Crippen LogP contribution is -2.28. The fraction of sp³-hybridized carbons (Fsp3) is 0.391. The fourth-order valence-electron chi connectivity index (χ4n) is 3.54. The van der Waals surface area contributed by atoms with Crippen LogP contribution < -0.4 is 9.47 Å². The molecule has 1 saturated heterocycles. The first-order valence-corrected chi connectivity index (χ1v) is 9.85. The molecular formula is C23H27NO5. The molecule has 1 amide bonds. The first-order valence-electron chi connectivity index (χ1n) is 9.85. The fourth-order valence-corrected chi connectivity index (χ4v) is 3.54. The first-order chi connectivity index (χ1) is 13.9. The molecule has 2 aromatic carbocycles. The second-order valence-electron chi connectivity index (χ2n) is 7.39. The Labute approximate surface area is 171 Å². The quantitative estimate of drug-likeness (QED) is 0.658. The molecule has 2 aromatic rings. The summed E-state index contributed by atoms with van der Waals surface area (Å²) in [4.78, 5) is 24.6. The number of hydrogen-bond donors (Lipinski definition) is 1. The van der Waals surface area contributed by atoms with Gasteiger partial charge >= 0.3 is 5.97 Å². The number of aliphatic carboxylic acids is 1. The number of hydrogen-bond acceptors (Lipinski definition) is 4. The first kappa shape index (κ1) is 20.7. The van der Waals surface area contributed by atoms with Crippen molar-refractivity contribution in [3.8, 4) is 11.5 Å². The summed E-state index contributed by atoms with van der Waals surface area (Å²) in [7, 11) is 0. The number of likely N-dealkylation sites (tertiary alicyclic amines) is 1. The minimum atomic E-state index is -0.903. The zero-order valence-electron chi connectivity index (χ0n) is 16.9. The molecule has 1 unspecified atom stereocenters. The minimum absolute atomic E-state index is 0.0894. The van der Waals surface area contributed by atoms with Crippen molar-refractivity contribution < 1.29 is 24.2 Å². The van der Waals surface area contributed by atoms with Crippen molar-refractivity contribution in [1.29, 1.82) is 0 Å². The maximum atomic E-state index is 11.9. The summed E-state index contributed by atoms with van der Waals surface area (Å²) in [5.41, 5.74) is 3.26. The number of carboxylic acids is 1. The third kappa shape index (κ3) is 5.50. The van der Waals surface area contributed by atoms with E-state index in [1.165, 1.54) is 0 Å². The lowest BCUT2D eigenvalue weighted by Gasteiger charge is -2.16. The van der Waals surface area contributed by atoms with Crippen molar-refractivity contribution in [2.75, 3.05) is 26.3 Å². The van der Waals surface area contributed by atoms with Crippen LogP contribution in [0.4, 0.5) is 0 Å². The van der Waals surface area contributed by atoms with Crippen LogP contribution in [-0.2, 0) is 16.0 Å². The SMILES string of the molecule is Cc1cccc(C)c1OCCOc1cccc(CCN2CC(C(=O)O)CC2=O)c1. The maximum Gasteiger partial charge on any atom is 0.308 e. The van der Waals surface area contributed by atoms with Crippen molar-refractivity contribution in [3.63, 3.8) is 0 Å². The van der Waals surface area contributed by atoms with E-state index in [2.05, 4.69) is 0 Å². The highest BCUT2D eigenvalue weighted by atomic mass is 16.5. The van der Waals surface area contributed by atoms with Crippen LogP contribution in [0.3, 0.4) is 0 Å². The molecule has 0 bridgehead atoms. The molecule has 6 nitrogen and oxygen atoms in total. The van der Waals surface area contributed by atoms with Crippen molar-refractivity contribution >= 4 is 11.9 Å². The number of nitrogens with zero attached hydrogens (tertiary/aromatic N) is 1. The molecule has 1 fully saturated rings. The molecule has 1 aliphatic heterocycles. The van der Waals surface area contributed by atoms with E-state index < -0.39 is 11.9 Å². The number of amides is 1. The topological polar surface area (TPSA) is 76.1 Å². The molecule has 0 radical (unpaired) electrons. The van der Waals surface area contributed by atoms with Crippen LogP contribution >= 0.6 is 0 Å². The third-order valence-corrected chi connectivity index (χ3v) is 5.14. The van der Waals surface area contributed by atoms with E-state index in [4.69, 9.17) is 14.6 Å². The van der Waals surface area contributed by atoms with Gasteiger partial charge in [-0.15, -0.1) is 0 Å². The van der Waals surface area contributed by atoms with E-state index in [0.717, 1.165) is 28.2 Å². The Hall–Kier alpha value is -3.02. The second-order valence-corrected chi connectivity index (χ2v) is 7.39. The summed E-state index contributed by atoms with van der Waals surface area (Å²) in [5, 5.41) is 9.07. The summed E-state index contributed by atoms with van der Waals surface area (Å²) in [5.74, 6) is 0.0745. The van der Waals surface area contributed by atoms with Crippen LogP contribution in [0.5, 0.6) is 11.5 Å². The van der Waals surface area contributed by atoms with Crippen molar-refractivity contribution in [2.24, 2.45) is 5.92 Å². The van der Waals surface area contributed by atoms with Crippen molar-refractivity contribution in [3.05, 3.63) is 59.2 Å². The van der Waals surface area contributed by atoms with Crippen LogP contribution in [0.2, 0.25) is 0 Å². The Bertz CT molecular complexity index is 859. The molecule has 154 valence electrons. The normalized spacial score (nSPS) is 16.1. The Morgan fingerprint density at radius 2 is 1.79 bits per heavy atom. The summed E-state index contributed by atoms with van der Waals surface area (Å²) >= 11 is 0. The Balaban J connectivity index is 1.46. The van der Waals surface area contributed by atoms with Gasteiger partial charge in [0.1, 0.15) is 24.7 Å². The van der Waals surface area contributed by atoms with Gasteiger partial charge < -0.3 is 19.5 Å². The zero-order valence-corrected chi connectivity index (χ0v) is 16.9. The van der Waals surface area contributed by atoms with Gasteiger partial charge in [0, 0.05) is 19.5 Å². The van der Waals surface area contributed by atoms with E-state index in [1.807, 2.05) is 56.3 Å². The lowest BCUT2D eigenvalue weighted by atomic mass is 10.1. The van der Waals surface area contributed by atoms with Gasteiger partial charge in [0.05, 0.1) is 5.92 Å². The van der Waals surface area contributed by atoms with E-state index >= 15 is 0 Å². The smallest absolute Gasteiger partial charge is 0.308 e. The molecule has 1 heterocycles. The number of carbonyl (C=O) groups excluding carboxylic acids is 1. The number of para-hydroxylation sites is 1. The van der Waals surface area contributed by atoms with Crippen LogP contribution in [0.25, 0.3) is 0 Å². The van der Waals surface area contributed by atoms with Crippen LogP contribution in [0, 0.1) is 19.8 Å². The molecule has 29 heavy (non-hydrogen) atoms. The highest BCUT2D eigenvalue weighted by molar-refractivity contribution is 5.86. The molecule has 1 aliphatic rings. The van der Waals surface area contributed by atoms with Gasteiger partial charge in [0.2, 0.25) is 5.91 Å². The molecule has 0 aromatic heterocycles.